The van der Waals surface area contributed by atoms with Crippen LogP contribution in [0.1, 0.15) is 27.9 Å². The van der Waals surface area contributed by atoms with Gasteiger partial charge in [0, 0.05) is 12.1 Å². The Balaban J connectivity index is 1.85. The Labute approximate surface area is 149 Å². The van der Waals surface area contributed by atoms with Crippen molar-refractivity contribution in [1.29, 1.82) is 0 Å². The molecule has 0 aliphatic carbocycles. The quantitative estimate of drug-likeness (QED) is 0.373. The average molecular weight is 380 g/mol. The number of aryl methyl sites for hydroxylation is 1. The normalized spacial score (nSPS) is 12.4. The minimum absolute atomic E-state index is 0.166. The second kappa shape index (κ2) is 7.81. The summed E-state index contributed by atoms with van der Waals surface area (Å²) < 4.78 is 54.6. The van der Waals surface area contributed by atoms with Gasteiger partial charge in [0.05, 0.1) is 5.56 Å². The number of nitrogens with one attached hydrogen (secondary N) is 1. The predicted molar refractivity (Wildman–Crippen MR) is 90.9 cm³/mol. The number of oxazole rings is 1. The van der Waals surface area contributed by atoms with Crippen LogP contribution in [0.5, 0.6) is 0 Å². The third-order valence-corrected chi connectivity index (χ3v) is 4.24. The molecule has 26 heavy (non-hydrogen) atoms. The van der Waals surface area contributed by atoms with Gasteiger partial charge in [-0.3, -0.25) is 9.35 Å². The Morgan fingerprint density at radius 2 is 2.08 bits per heavy atom. The summed E-state index contributed by atoms with van der Waals surface area (Å²) >= 11 is -2.13. The van der Waals surface area contributed by atoms with Crippen LogP contribution in [-0.2, 0) is 17.7 Å². The minimum Gasteiger partial charge on any atom is -0.443 e. The van der Waals surface area contributed by atoms with Crippen LogP contribution in [0, 0.1) is 11.6 Å². The zero-order valence-electron chi connectivity index (χ0n) is 13.4. The smallest absolute Gasteiger partial charge is 0.231 e. The molecule has 1 unspecified atom stereocenters. The van der Waals surface area contributed by atoms with Crippen molar-refractivity contribution >= 4 is 28.1 Å². The number of halogens is 2. The molecule has 0 saturated carbocycles. The fraction of sp³-hybridized carbons (Fsp3) is 0.176. The van der Waals surface area contributed by atoms with E-state index < -0.39 is 28.7 Å². The molecule has 0 fully saturated rings. The first-order valence-corrected chi connectivity index (χ1v) is 8.76. The van der Waals surface area contributed by atoms with Crippen LogP contribution >= 0.6 is 0 Å². The van der Waals surface area contributed by atoms with Crippen LogP contribution in [0.15, 0.2) is 41.1 Å². The maximum atomic E-state index is 14.2. The third-order valence-electron chi connectivity index (χ3n) is 3.79. The summed E-state index contributed by atoms with van der Waals surface area (Å²) in [5, 5.41) is 0. The molecule has 0 aliphatic heterocycles. The standard InChI is InChI=1S/C17H14F2N2O4S/c18-13-7-10(2-1-5-21-26(23)24)6-12(16(13)19)17(22)11-3-4-15-14(8-11)20-9-25-15/h3-4,6-9,21H,1-2,5H2,(H,23,24). The van der Waals surface area contributed by atoms with Gasteiger partial charge in [0.2, 0.25) is 11.3 Å². The fourth-order valence-corrected chi connectivity index (χ4v) is 2.88. The number of aromatic nitrogens is 1. The highest BCUT2D eigenvalue weighted by Gasteiger charge is 2.19. The van der Waals surface area contributed by atoms with Crippen molar-refractivity contribution in [2.24, 2.45) is 0 Å². The number of carbonyl (C=O) groups excluding carboxylic acids is 1. The number of nitrogens with zero attached hydrogens (tertiary/aromatic N) is 1. The SMILES string of the molecule is O=C(c1ccc2ocnc2c1)c1cc(CCCNS(=O)O)cc(F)c1F. The van der Waals surface area contributed by atoms with Crippen LogP contribution in [0.2, 0.25) is 0 Å². The molecule has 0 aliphatic rings. The summed E-state index contributed by atoms with van der Waals surface area (Å²) in [6.45, 7) is 0.216. The highest BCUT2D eigenvalue weighted by atomic mass is 32.2. The zero-order chi connectivity index (χ0) is 18.7. The summed E-state index contributed by atoms with van der Waals surface area (Å²) in [6, 6.07) is 6.76. The molecule has 1 atom stereocenters. The van der Waals surface area contributed by atoms with Gasteiger partial charge in [-0.25, -0.2) is 22.7 Å². The monoisotopic (exact) mass is 380 g/mol. The van der Waals surface area contributed by atoms with E-state index in [9.17, 15) is 17.8 Å². The van der Waals surface area contributed by atoms with E-state index >= 15 is 0 Å². The molecule has 136 valence electrons. The third kappa shape index (κ3) is 4.01. The van der Waals surface area contributed by atoms with E-state index in [2.05, 4.69) is 9.71 Å². The Morgan fingerprint density at radius 1 is 1.27 bits per heavy atom. The van der Waals surface area contributed by atoms with Gasteiger partial charge in [-0.05, 0) is 48.7 Å². The van der Waals surface area contributed by atoms with Crippen LogP contribution < -0.4 is 4.72 Å². The zero-order valence-corrected chi connectivity index (χ0v) is 14.2. The summed E-state index contributed by atoms with van der Waals surface area (Å²) in [5.74, 6) is -3.00. The van der Waals surface area contributed by atoms with E-state index in [4.69, 9.17) is 8.97 Å². The second-order valence-corrected chi connectivity index (χ2v) is 6.34. The number of benzene rings is 2. The molecule has 2 aromatic carbocycles. The lowest BCUT2D eigenvalue weighted by Crippen LogP contribution is -2.18. The van der Waals surface area contributed by atoms with Crippen molar-refractivity contribution in [2.45, 2.75) is 12.8 Å². The summed E-state index contributed by atoms with van der Waals surface area (Å²) in [5.41, 5.74) is 1.13. The first kappa shape index (κ1) is 18.3. The van der Waals surface area contributed by atoms with Gasteiger partial charge in [0.1, 0.15) is 5.52 Å². The Kier molecular flexibility index (Phi) is 5.50. The number of hydrogen-bond acceptors (Lipinski definition) is 4. The van der Waals surface area contributed by atoms with Crippen molar-refractivity contribution in [3.8, 4) is 0 Å². The molecular weight excluding hydrogens is 366 g/mol. The van der Waals surface area contributed by atoms with Crippen LogP contribution in [0.25, 0.3) is 11.1 Å². The maximum Gasteiger partial charge on any atom is 0.231 e. The van der Waals surface area contributed by atoms with Crippen molar-refractivity contribution in [3.63, 3.8) is 0 Å². The topological polar surface area (TPSA) is 92.4 Å². The molecule has 3 rings (SSSR count). The molecule has 6 nitrogen and oxygen atoms in total. The minimum atomic E-state index is -2.13. The number of hydrogen-bond donors (Lipinski definition) is 2. The molecule has 2 N–H and O–H groups in total. The van der Waals surface area contributed by atoms with Crippen molar-refractivity contribution in [1.82, 2.24) is 9.71 Å². The van der Waals surface area contributed by atoms with Gasteiger partial charge in [0.15, 0.2) is 29.4 Å². The van der Waals surface area contributed by atoms with Gasteiger partial charge >= 0.3 is 0 Å². The average Bonchev–Trinajstić information content (AvgIpc) is 3.08. The number of ketones is 1. The van der Waals surface area contributed by atoms with E-state index in [-0.39, 0.29) is 17.7 Å². The highest BCUT2D eigenvalue weighted by Crippen LogP contribution is 2.22. The van der Waals surface area contributed by atoms with Gasteiger partial charge in [-0.15, -0.1) is 0 Å². The van der Waals surface area contributed by atoms with Gasteiger partial charge in [0.25, 0.3) is 0 Å². The number of fused-ring (bicyclic) bond motifs is 1. The molecule has 1 aromatic heterocycles. The van der Waals surface area contributed by atoms with Crippen LogP contribution in [0.4, 0.5) is 8.78 Å². The molecule has 9 heteroatoms. The first-order chi connectivity index (χ1) is 12.5. The van der Waals surface area contributed by atoms with Crippen molar-refractivity contribution in [2.75, 3.05) is 6.54 Å². The maximum absolute atomic E-state index is 14.2. The molecule has 0 saturated heterocycles. The van der Waals surface area contributed by atoms with E-state index in [1.807, 2.05) is 0 Å². The Morgan fingerprint density at radius 3 is 2.85 bits per heavy atom. The number of rotatable bonds is 7. The van der Waals surface area contributed by atoms with E-state index in [1.54, 1.807) is 0 Å². The summed E-state index contributed by atoms with van der Waals surface area (Å²) in [7, 11) is 0. The lowest BCUT2D eigenvalue weighted by atomic mass is 9.98. The lowest BCUT2D eigenvalue weighted by molar-refractivity contribution is 0.103. The lowest BCUT2D eigenvalue weighted by Gasteiger charge is -2.08. The largest absolute Gasteiger partial charge is 0.443 e. The molecular formula is C17H14F2N2O4S. The molecule has 1 heterocycles. The molecule has 3 aromatic rings. The fourth-order valence-electron chi connectivity index (χ4n) is 2.56. The first-order valence-electron chi connectivity index (χ1n) is 7.66. The van der Waals surface area contributed by atoms with Crippen molar-refractivity contribution < 1.29 is 26.8 Å². The predicted octanol–water partition coefficient (Wildman–Crippen LogP) is 3.00. The van der Waals surface area contributed by atoms with Gasteiger partial charge < -0.3 is 4.42 Å². The molecule has 0 bridgehead atoms. The highest BCUT2D eigenvalue weighted by molar-refractivity contribution is 7.77. The Bertz CT molecular complexity index is 990. The van der Waals surface area contributed by atoms with Crippen LogP contribution in [-0.4, -0.2) is 26.1 Å². The van der Waals surface area contributed by atoms with Gasteiger partial charge in [-0.2, -0.15) is 0 Å². The second-order valence-electron chi connectivity index (χ2n) is 5.55. The van der Waals surface area contributed by atoms with E-state index in [1.165, 1.54) is 30.7 Å². The van der Waals surface area contributed by atoms with E-state index in [0.717, 1.165) is 6.07 Å². The van der Waals surface area contributed by atoms with Crippen molar-refractivity contribution in [3.05, 3.63) is 65.1 Å². The van der Waals surface area contributed by atoms with E-state index in [0.29, 0.717) is 29.5 Å². The summed E-state index contributed by atoms with van der Waals surface area (Å²) in [4.78, 5) is 16.5. The van der Waals surface area contributed by atoms with Crippen LogP contribution in [0.3, 0.4) is 0 Å². The summed E-state index contributed by atoms with van der Waals surface area (Å²) in [6.07, 6.45) is 1.95. The molecule has 0 amide bonds. The number of carbonyl (C=O) groups is 1. The molecule has 0 radical (unpaired) electrons. The molecule has 0 spiro atoms. The van der Waals surface area contributed by atoms with Gasteiger partial charge in [-0.1, -0.05) is 0 Å². The Hall–Kier alpha value is -2.49.